The van der Waals surface area contributed by atoms with Crippen molar-refractivity contribution in [1.29, 1.82) is 0 Å². The number of hydrogen-bond acceptors (Lipinski definition) is 3. The molecule has 158 valence electrons. The fourth-order valence-corrected chi connectivity index (χ4v) is 5.70. The van der Waals surface area contributed by atoms with Crippen LogP contribution >= 0.6 is 27.5 Å². The molecule has 0 aliphatic heterocycles. The lowest BCUT2D eigenvalue weighted by atomic mass is 9.54. The molecule has 2 aromatic rings. The quantitative estimate of drug-likeness (QED) is 0.429. The highest BCUT2D eigenvalue weighted by molar-refractivity contribution is 9.10. The number of Topliss-reactive ketones (excluding diaryl/α,β-unsaturated/α-hetero) is 2. The third-order valence-corrected chi connectivity index (χ3v) is 8.83. The zero-order valence-electron chi connectivity index (χ0n) is 17.7. The van der Waals surface area contributed by atoms with Crippen molar-refractivity contribution in [3.8, 4) is 11.5 Å². The van der Waals surface area contributed by atoms with Crippen molar-refractivity contribution >= 4 is 39.1 Å². The molecule has 4 rings (SSSR count). The highest BCUT2D eigenvalue weighted by Crippen LogP contribution is 2.62. The molecule has 0 amide bonds. The van der Waals surface area contributed by atoms with E-state index in [9.17, 15) is 9.59 Å². The number of carbonyl (C=O) groups is 2. The monoisotopic (exact) mass is 488 g/mol. The van der Waals surface area contributed by atoms with Gasteiger partial charge in [-0.2, -0.15) is 0 Å². The topological polar surface area (TPSA) is 43.4 Å². The van der Waals surface area contributed by atoms with E-state index in [1.807, 2.05) is 44.2 Å². The van der Waals surface area contributed by atoms with Crippen molar-refractivity contribution in [2.75, 3.05) is 0 Å². The standard InChI is InChI=1S/C25H26BrClO3/c1-5-14-6-7-15(30-16-8-9-19(26)20(27)13-16)12-17(14)21-22(28)18-10-11-25(4,23(21)29)24(18,2)3/h6-9,12-13,18,21H,5,10-11H2,1-4H3. The highest BCUT2D eigenvalue weighted by Gasteiger charge is 2.64. The van der Waals surface area contributed by atoms with Gasteiger partial charge in [0.25, 0.3) is 0 Å². The van der Waals surface area contributed by atoms with Gasteiger partial charge in [0.1, 0.15) is 17.4 Å². The van der Waals surface area contributed by atoms with Gasteiger partial charge < -0.3 is 4.74 Å². The van der Waals surface area contributed by atoms with Gasteiger partial charge in [-0.25, -0.2) is 0 Å². The van der Waals surface area contributed by atoms with E-state index in [0.29, 0.717) is 16.5 Å². The van der Waals surface area contributed by atoms with Gasteiger partial charge in [0.2, 0.25) is 0 Å². The molecule has 0 aromatic heterocycles. The lowest BCUT2D eigenvalue weighted by Crippen LogP contribution is -2.52. The first-order valence-electron chi connectivity index (χ1n) is 10.4. The van der Waals surface area contributed by atoms with Gasteiger partial charge in [-0.15, -0.1) is 0 Å². The Morgan fingerprint density at radius 3 is 2.43 bits per heavy atom. The molecule has 2 aromatic carbocycles. The van der Waals surface area contributed by atoms with Gasteiger partial charge in [-0.3, -0.25) is 9.59 Å². The Bertz CT molecular complexity index is 1040. The molecule has 0 radical (unpaired) electrons. The number of hydrogen-bond donors (Lipinski definition) is 0. The van der Waals surface area contributed by atoms with E-state index in [0.717, 1.165) is 34.9 Å². The molecule has 2 saturated carbocycles. The molecule has 5 heteroatoms. The molecule has 2 bridgehead atoms. The van der Waals surface area contributed by atoms with Crippen molar-refractivity contribution in [3.05, 3.63) is 57.0 Å². The second-order valence-electron chi connectivity index (χ2n) is 9.24. The predicted molar refractivity (Wildman–Crippen MR) is 122 cm³/mol. The molecule has 2 aliphatic rings. The maximum Gasteiger partial charge on any atom is 0.154 e. The molecule has 0 saturated heterocycles. The van der Waals surface area contributed by atoms with E-state index >= 15 is 0 Å². The van der Waals surface area contributed by atoms with Crippen LogP contribution in [0.1, 0.15) is 57.6 Å². The van der Waals surface area contributed by atoms with Crippen LogP contribution in [0.2, 0.25) is 5.02 Å². The number of benzene rings is 2. The Labute approximate surface area is 191 Å². The number of halogens is 2. The summed E-state index contributed by atoms with van der Waals surface area (Å²) < 4.78 is 6.82. The summed E-state index contributed by atoms with van der Waals surface area (Å²) in [5, 5.41) is 0.558. The van der Waals surface area contributed by atoms with E-state index in [2.05, 4.69) is 29.8 Å². The Kier molecular flexibility index (Phi) is 5.39. The van der Waals surface area contributed by atoms with E-state index in [-0.39, 0.29) is 22.9 Å². The number of aryl methyl sites for hydroxylation is 1. The second kappa shape index (κ2) is 7.49. The van der Waals surface area contributed by atoms with E-state index in [1.165, 1.54) is 0 Å². The maximum absolute atomic E-state index is 13.7. The maximum atomic E-state index is 13.7. The summed E-state index contributed by atoms with van der Waals surface area (Å²) in [5.74, 6) is 0.548. The smallest absolute Gasteiger partial charge is 0.154 e. The van der Waals surface area contributed by atoms with Crippen molar-refractivity contribution in [1.82, 2.24) is 0 Å². The summed E-state index contributed by atoms with van der Waals surface area (Å²) in [5.41, 5.74) is 1.04. The Morgan fingerprint density at radius 1 is 1.10 bits per heavy atom. The first-order chi connectivity index (χ1) is 14.1. The van der Waals surface area contributed by atoms with Crippen LogP contribution in [0.25, 0.3) is 0 Å². The molecule has 3 atom stereocenters. The lowest BCUT2D eigenvalue weighted by molar-refractivity contribution is -0.149. The van der Waals surface area contributed by atoms with E-state index in [4.69, 9.17) is 16.3 Å². The van der Waals surface area contributed by atoms with Crippen LogP contribution in [0.4, 0.5) is 0 Å². The average Bonchev–Trinajstić information content (AvgIpc) is 2.88. The first kappa shape index (κ1) is 21.6. The van der Waals surface area contributed by atoms with E-state index in [1.54, 1.807) is 6.07 Å². The summed E-state index contributed by atoms with van der Waals surface area (Å²) in [7, 11) is 0. The fraction of sp³-hybridized carbons (Fsp3) is 0.440. The predicted octanol–water partition coefficient (Wildman–Crippen LogP) is 7.14. The summed E-state index contributed by atoms with van der Waals surface area (Å²) >= 11 is 9.56. The molecule has 2 fully saturated rings. The van der Waals surface area contributed by atoms with Gasteiger partial charge in [0, 0.05) is 21.9 Å². The first-order valence-corrected chi connectivity index (χ1v) is 11.6. The van der Waals surface area contributed by atoms with Crippen LogP contribution in [-0.2, 0) is 16.0 Å². The van der Waals surface area contributed by atoms with Crippen LogP contribution in [0.5, 0.6) is 11.5 Å². The van der Waals surface area contributed by atoms with Crippen LogP contribution in [-0.4, -0.2) is 11.6 Å². The molecule has 30 heavy (non-hydrogen) atoms. The van der Waals surface area contributed by atoms with Crippen molar-refractivity contribution in [2.24, 2.45) is 16.7 Å². The summed E-state index contributed by atoms with van der Waals surface area (Å²) in [6, 6.07) is 11.1. The molecule has 3 unspecified atom stereocenters. The SMILES string of the molecule is CCc1ccc(Oc2ccc(Br)c(Cl)c2)cc1C1C(=O)C2CCC(C)(C1=O)C2(C)C. The minimum atomic E-state index is -0.706. The zero-order chi connectivity index (χ0) is 21.8. The summed E-state index contributed by atoms with van der Waals surface area (Å²) in [6.45, 7) is 8.25. The fourth-order valence-electron chi connectivity index (χ4n) is 5.29. The third kappa shape index (κ3) is 3.15. The average molecular weight is 490 g/mol. The molecule has 0 N–H and O–H groups in total. The molecular weight excluding hydrogens is 464 g/mol. The van der Waals surface area contributed by atoms with Crippen molar-refractivity contribution in [3.63, 3.8) is 0 Å². The Balaban J connectivity index is 1.75. The van der Waals surface area contributed by atoms with Crippen LogP contribution in [0.3, 0.4) is 0 Å². The van der Waals surface area contributed by atoms with Crippen molar-refractivity contribution < 1.29 is 14.3 Å². The Morgan fingerprint density at radius 2 is 1.77 bits per heavy atom. The highest BCUT2D eigenvalue weighted by atomic mass is 79.9. The largest absolute Gasteiger partial charge is 0.457 e. The van der Waals surface area contributed by atoms with Gasteiger partial charge >= 0.3 is 0 Å². The molecule has 2 aliphatic carbocycles. The van der Waals surface area contributed by atoms with Gasteiger partial charge in [-0.1, -0.05) is 45.4 Å². The van der Waals surface area contributed by atoms with E-state index < -0.39 is 11.3 Å². The van der Waals surface area contributed by atoms with Crippen LogP contribution in [0, 0.1) is 16.7 Å². The minimum Gasteiger partial charge on any atom is -0.457 e. The van der Waals surface area contributed by atoms with Gasteiger partial charge in [-0.05, 0) is 76.0 Å². The Hall–Kier alpha value is -1.65. The number of ketones is 2. The number of rotatable bonds is 4. The zero-order valence-corrected chi connectivity index (χ0v) is 20.1. The third-order valence-electron chi connectivity index (χ3n) is 7.60. The van der Waals surface area contributed by atoms with Gasteiger partial charge in [0.15, 0.2) is 11.6 Å². The van der Waals surface area contributed by atoms with Crippen LogP contribution < -0.4 is 4.74 Å². The number of ether oxygens (including phenoxy) is 1. The summed E-state index contributed by atoms with van der Waals surface area (Å²) in [6.07, 6.45) is 2.32. The number of fused-ring (bicyclic) bond motifs is 2. The number of carbonyl (C=O) groups excluding carboxylic acids is 2. The van der Waals surface area contributed by atoms with Crippen LogP contribution in [0.15, 0.2) is 40.9 Å². The van der Waals surface area contributed by atoms with Crippen molar-refractivity contribution in [2.45, 2.75) is 52.9 Å². The molecular formula is C25H26BrClO3. The molecule has 0 spiro atoms. The molecule has 3 nitrogen and oxygen atoms in total. The summed E-state index contributed by atoms with van der Waals surface area (Å²) in [4.78, 5) is 27.2. The van der Waals surface area contributed by atoms with Gasteiger partial charge in [0.05, 0.1) is 5.02 Å². The molecule has 0 heterocycles. The second-order valence-corrected chi connectivity index (χ2v) is 10.5. The normalized spacial score (nSPS) is 27.4. The lowest BCUT2D eigenvalue weighted by Gasteiger charge is -2.46. The minimum absolute atomic E-state index is 0.0600.